The molecular formula is C23H23NO3S. The summed E-state index contributed by atoms with van der Waals surface area (Å²) in [6.45, 7) is 3.17. The van der Waals surface area contributed by atoms with Gasteiger partial charge in [-0.15, -0.1) is 0 Å². The molecule has 28 heavy (non-hydrogen) atoms. The first-order chi connectivity index (χ1) is 13.6. The number of sulfone groups is 1. The first kappa shape index (κ1) is 18.9. The fourth-order valence-electron chi connectivity index (χ4n) is 3.48. The second-order valence-electron chi connectivity index (χ2n) is 6.97. The molecule has 0 aromatic heterocycles. The Bertz CT molecular complexity index is 1000. The van der Waals surface area contributed by atoms with Gasteiger partial charge >= 0.3 is 0 Å². The van der Waals surface area contributed by atoms with Crippen LogP contribution in [0.3, 0.4) is 0 Å². The summed E-state index contributed by atoms with van der Waals surface area (Å²) in [6, 6.07) is 26.0. The summed E-state index contributed by atoms with van der Waals surface area (Å²) in [5.74, 6) is 0. The van der Waals surface area contributed by atoms with Crippen molar-refractivity contribution < 1.29 is 13.2 Å². The highest BCUT2D eigenvalue weighted by molar-refractivity contribution is 7.91. The van der Waals surface area contributed by atoms with Crippen LogP contribution >= 0.6 is 0 Å². The average Bonchev–Trinajstić information content (AvgIpc) is 2.76. The highest BCUT2D eigenvalue weighted by Crippen LogP contribution is 2.24. The minimum Gasteiger partial charge on any atom is -0.371 e. The third kappa shape index (κ3) is 4.17. The predicted molar refractivity (Wildman–Crippen MR) is 109 cm³/mol. The number of morpholine rings is 1. The van der Waals surface area contributed by atoms with Crippen molar-refractivity contribution in [1.82, 2.24) is 4.90 Å². The van der Waals surface area contributed by atoms with Crippen LogP contribution in [-0.4, -0.2) is 33.0 Å². The predicted octanol–water partition coefficient (Wildman–Crippen LogP) is 4.09. The average molecular weight is 394 g/mol. The van der Waals surface area contributed by atoms with Gasteiger partial charge in [0.05, 0.1) is 22.5 Å². The molecule has 0 bridgehead atoms. The molecule has 3 aromatic carbocycles. The second kappa shape index (κ2) is 8.27. The summed E-state index contributed by atoms with van der Waals surface area (Å²) in [5.41, 5.74) is 2.29. The lowest BCUT2D eigenvalue weighted by Crippen LogP contribution is -2.37. The largest absolute Gasteiger partial charge is 0.371 e. The first-order valence-electron chi connectivity index (χ1n) is 9.41. The van der Waals surface area contributed by atoms with E-state index in [1.165, 1.54) is 5.56 Å². The monoisotopic (exact) mass is 393 g/mol. The normalized spacial score (nSPS) is 18.1. The third-order valence-electron chi connectivity index (χ3n) is 5.02. The zero-order valence-corrected chi connectivity index (χ0v) is 16.4. The Balaban J connectivity index is 1.45. The molecule has 1 atom stereocenters. The van der Waals surface area contributed by atoms with Crippen LogP contribution in [0.5, 0.6) is 0 Å². The topological polar surface area (TPSA) is 46.6 Å². The molecule has 0 radical (unpaired) electrons. The van der Waals surface area contributed by atoms with Gasteiger partial charge in [0.15, 0.2) is 0 Å². The molecule has 1 heterocycles. The molecule has 3 aromatic rings. The van der Waals surface area contributed by atoms with E-state index < -0.39 is 9.84 Å². The van der Waals surface area contributed by atoms with Crippen LogP contribution in [-0.2, 0) is 21.1 Å². The van der Waals surface area contributed by atoms with E-state index in [0.29, 0.717) is 16.4 Å². The van der Waals surface area contributed by atoms with Gasteiger partial charge in [-0.25, -0.2) is 8.42 Å². The molecule has 0 saturated carbocycles. The van der Waals surface area contributed by atoms with Gasteiger partial charge in [-0.1, -0.05) is 60.7 Å². The number of nitrogens with zero attached hydrogens (tertiary/aromatic N) is 1. The van der Waals surface area contributed by atoms with E-state index in [4.69, 9.17) is 4.74 Å². The van der Waals surface area contributed by atoms with Crippen LogP contribution in [0.25, 0.3) is 0 Å². The van der Waals surface area contributed by atoms with E-state index >= 15 is 0 Å². The molecule has 1 fully saturated rings. The van der Waals surface area contributed by atoms with Crippen molar-refractivity contribution in [2.75, 3.05) is 19.7 Å². The molecule has 0 amide bonds. The highest BCUT2D eigenvalue weighted by Gasteiger charge is 2.22. The van der Waals surface area contributed by atoms with E-state index in [9.17, 15) is 8.42 Å². The fraction of sp³-hybridized carbons (Fsp3) is 0.217. The van der Waals surface area contributed by atoms with Crippen molar-refractivity contribution in [2.45, 2.75) is 22.4 Å². The summed E-state index contributed by atoms with van der Waals surface area (Å²) >= 11 is 0. The Labute approximate surface area is 166 Å². The van der Waals surface area contributed by atoms with Crippen molar-refractivity contribution in [3.05, 3.63) is 96.1 Å². The molecule has 1 aliphatic rings. The minimum atomic E-state index is -3.47. The lowest BCUT2D eigenvalue weighted by Gasteiger charge is -2.33. The smallest absolute Gasteiger partial charge is 0.206 e. The van der Waals surface area contributed by atoms with Crippen LogP contribution in [0, 0.1) is 0 Å². The summed E-state index contributed by atoms with van der Waals surface area (Å²) < 4.78 is 31.3. The van der Waals surface area contributed by atoms with Crippen molar-refractivity contribution >= 4 is 9.84 Å². The van der Waals surface area contributed by atoms with Crippen LogP contribution in [0.1, 0.15) is 17.2 Å². The number of hydrogen-bond acceptors (Lipinski definition) is 4. The van der Waals surface area contributed by atoms with E-state index in [1.54, 1.807) is 36.4 Å². The van der Waals surface area contributed by atoms with Gasteiger partial charge < -0.3 is 4.74 Å². The van der Waals surface area contributed by atoms with Gasteiger partial charge in [-0.3, -0.25) is 4.90 Å². The maximum atomic E-state index is 12.7. The van der Waals surface area contributed by atoms with Gasteiger partial charge in [0.2, 0.25) is 9.84 Å². The van der Waals surface area contributed by atoms with Crippen LogP contribution < -0.4 is 0 Å². The Hall–Kier alpha value is -2.47. The zero-order chi connectivity index (χ0) is 19.4. The molecule has 1 aliphatic heterocycles. The van der Waals surface area contributed by atoms with Crippen LogP contribution in [0.2, 0.25) is 0 Å². The maximum Gasteiger partial charge on any atom is 0.206 e. The molecule has 0 unspecified atom stereocenters. The summed E-state index contributed by atoms with van der Waals surface area (Å²) in [4.78, 5) is 3.00. The molecule has 144 valence electrons. The highest BCUT2D eigenvalue weighted by atomic mass is 32.2. The third-order valence-corrected chi connectivity index (χ3v) is 6.80. The van der Waals surface area contributed by atoms with E-state index in [-0.39, 0.29) is 6.10 Å². The number of ether oxygens (including phenoxy) is 1. The lowest BCUT2D eigenvalue weighted by atomic mass is 10.1. The zero-order valence-electron chi connectivity index (χ0n) is 15.6. The van der Waals surface area contributed by atoms with Gasteiger partial charge in [-0.2, -0.15) is 0 Å². The van der Waals surface area contributed by atoms with Crippen molar-refractivity contribution in [1.29, 1.82) is 0 Å². The summed E-state index contributed by atoms with van der Waals surface area (Å²) in [7, 11) is -3.47. The number of hydrogen-bond donors (Lipinski definition) is 0. The van der Waals surface area contributed by atoms with E-state index in [2.05, 4.69) is 17.0 Å². The SMILES string of the molecule is O=S(=O)(c1ccccc1)c1ccc(CN2CCO[C@@H](c3ccccc3)C2)cc1. The molecule has 5 heteroatoms. The number of benzene rings is 3. The lowest BCUT2D eigenvalue weighted by molar-refractivity contribution is -0.0329. The Morgan fingerprint density at radius 1 is 0.821 bits per heavy atom. The molecular weight excluding hydrogens is 370 g/mol. The van der Waals surface area contributed by atoms with Gasteiger partial charge in [0.1, 0.15) is 0 Å². The quantitative estimate of drug-likeness (QED) is 0.655. The number of rotatable bonds is 5. The molecule has 4 rings (SSSR count). The van der Waals surface area contributed by atoms with Gasteiger partial charge in [0, 0.05) is 19.6 Å². The maximum absolute atomic E-state index is 12.7. The fourth-order valence-corrected chi connectivity index (χ4v) is 4.77. The van der Waals surface area contributed by atoms with Crippen LogP contribution in [0.4, 0.5) is 0 Å². The second-order valence-corrected chi connectivity index (χ2v) is 8.92. The van der Waals surface area contributed by atoms with E-state index in [0.717, 1.165) is 25.2 Å². The van der Waals surface area contributed by atoms with Crippen LogP contribution in [0.15, 0.2) is 94.7 Å². The van der Waals surface area contributed by atoms with Gasteiger partial charge in [0.25, 0.3) is 0 Å². The Morgan fingerprint density at radius 3 is 2.11 bits per heavy atom. The van der Waals surface area contributed by atoms with Crippen molar-refractivity contribution in [3.63, 3.8) is 0 Å². The molecule has 4 nitrogen and oxygen atoms in total. The van der Waals surface area contributed by atoms with Gasteiger partial charge in [-0.05, 0) is 35.4 Å². The first-order valence-corrected chi connectivity index (χ1v) is 10.9. The molecule has 0 spiro atoms. The molecule has 1 saturated heterocycles. The molecule has 0 aliphatic carbocycles. The Kier molecular flexibility index (Phi) is 5.57. The minimum absolute atomic E-state index is 0.0766. The molecule has 0 N–H and O–H groups in total. The van der Waals surface area contributed by atoms with Crippen molar-refractivity contribution in [3.8, 4) is 0 Å². The van der Waals surface area contributed by atoms with E-state index in [1.807, 2.05) is 36.4 Å². The Morgan fingerprint density at radius 2 is 1.43 bits per heavy atom. The summed E-state index contributed by atoms with van der Waals surface area (Å²) in [5, 5.41) is 0. The summed E-state index contributed by atoms with van der Waals surface area (Å²) in [6.07, 6.45) is 0.0766. The van der Waals surface area contributed by atoms with Crippen molar-refractivity contribution in [2.24, 2.45) is 0 Å². The standard InChI is InChI=1S/C23H23NO3S/c25-28(26,21-9-5-2-6-10-21)22-13-11-19(12-14-22)17-24-15-16-27-23(18-24)20-7-3-1-4-8-20/h1-14,23H,15-18H2/t23-/m1/s1.